The van der Waals surface area contributed by atoms with Crippen LogP contribution < -0.4 is 0 Å². The fourth-order valence-electron chi connectivity index (χ4n) is 5.35. The summed E-state index contributed by atoms with van der Waals surface area (Å²) in [4.78, 5) is 36.8. The number of allylic oxidation sites excluding steroid dienone is 8. The Hall–Kier alpha value is -2.71. The van der Waals surface area contributed by atoms with Gasteiger partial charge in [-0.25, -0.2) is 4.79 Å². The van der Waals surface area contributed by atoms with E-state index in [1.807, 2.05) is 21.1 Å². The summed E-state index contributed by atoms with van der Waals surface area (Å²) >= 11 is 0. The molecule has 0 aromatic rings. The van der Waals surface area contributed by atoms with E-state index in [0.717, 1.165) is 64.2 Å². The van der Waals surface area contributed by atoms with Gasteiger partial charge in [-0.1, -0.05) is 120 Å². The molecule has 0 spiro atoms. The van der Waals surface area contributed by atoms with Gasteiger partial charge in [0.05, 0.1) is 34.4 Å². The topological polar surface area (TPSA) is 99.1 Å². The monoisotopic (exact) mass is 705 g/mol. The number of carbonyl (C=O) groups excluding carboxylic acids is 2. The highest BCUT2D eigenvalue weighted by Crippen LogP contribution is 2.12. The number of nitrogens with zero attached hydrogens (tertiary/aromatic N) is 1. The second-order valence-electron chi connectivity index (χ2n) is 14.2. The van der Waals surface area contributed by atoms with E-state index in [-0.39, 0.29) is 36.2 Å². The van der Waals surface area contributed by atoms with Crippen molar-refractivity contribution in [1.29, 1.82) is 0 Å². The Morgan fingerprint density at radius 1 is 0.600 bits per heavy atom. The smallest absolute Gasteiger partial charge is 0.362 e. The van der Waals surface area contributed by atoms with Gasteiger partial charge in [0.15, 0.2) is 12.1 Å². The Morgan fingerprint density at radius 3 is 1.58 bits per heavy atom. The van der Waals surface area contributed by atoms with Gasteiger partial charge in [0.25, 0.3) is 0 Å². The minimum Gasteiger partial charge on any atom is -0.477 e. The van der Waals surface area contributed by atoms with E-state index < -0.39 is 18.1 Å². The SMILES string of the molecule is CCCC/C=C/C=C/CCCCCC(=O)OC(COCCC(C(=O)O)[N+](C)(C)C)COC(=O)CCCCCCCC/C=C/C=C/CCCCC. The molecule has 0 heterocycles. The maximum absolute atomic E-state index is 12.6. The molecule has 0 aliphatic rings. The molecular formula is C42H74NO7+. The summed E-state index contributed by atoms with van der Waals surface area (Å²) in [6.45, 7) is 4.59. The Kier molecular flexibility index (Phi) is 31.6. The van der Waals surface area contributed by atoms with E-state index in [1.165, 1.54) is 51.4 Å². The first kappa shape index (κ1) is 47.3. The van der Waals surface area contributed by atoms with Crippen molar-refractivity contribution in [3.05, 3.63) is 48.6 Å². The summed E-state index contributed by atoms with van der Waals surface area (Å²) in [5.41, 5.74) is 0. The number of carbonyl (C=O) groups is 3. The second kappa shape index (κ2) is 33.4. The lowest BCUT2D eigenvalue weighted by molar-refractivity contribution is -0.887. The minimum absolute atomic E-state index is 0.0451. The largest absolute Gasteiger partial charge is 0.477 e. The Morgan fingerprint density at radius 2 is 1.06 bits per heavy atom. The predicted octanol–water partition coefficient (Wildman–Crippen LogP) is 10.1. The van der Waals surface area contributed by atoms with Gasteiger partial charge in [0, 0.05) is 19.3 Å². The third kappa shape index (κ3) is 31.3. The molecule has 2 atom stereocenters. The second-order valence-corrected chi connectivity index (χ2v) is 14.2. The number of likely N-dealkylation sites (N-methyl/N-ethyl adjacent to an activating group) is 1. The lowest BCUT2D eigenvalue weighted by atomic mass is 10.1. The van der Waals surface area contributed by atoms with Gasteiger partial charge >= 0.3 is 17.9 Å². The van der Waals surface area contributed by atoms with Crippen LogP contribution in [0.1, 0.15) is 149 Å². The average Bonchev–Trinajstić information content (AvgIpc) is 3.06. The van der Waals surface area contributed by atoms with Gasteiger partial charge in [0.2, 0.25) is 0 Å². The first-order chi connectivity index (χ1) is 24.1. The van der Waals surface area contributed by atoms with Crippen LogP contribution >= 0.6 is 0 Å². The summed E-state index contributed by atoms with van der Waals surface area (Å²) in [5, 5.41) is 9.58. The Labute approximate surface area is 306 Å². The first-order valence-electron chi connectivity index (χ1n) is 19.7. The number of aliphatic carboxylic acids is 1. The van der Waals surface area contributed by atoms with Crippen LogP contribution in [-0.4, -0.2) is 80.6 Å². The molecule has 0 aromatic carbocycles. The fraction of sp³-hybridized carbons (Fsp3) is 0.738. The molecule has 288 valence electrons. The number of hydrogen-bond donors (Lipinski definition) is 1. The lowest BCUT2D eigenvalue weighted by Crippen LogP contribution is -2.50. The summed E-state index contributed by atoms with van der Waals surface area (Å²) in [6.07, 6.45) is 37.2. The number of rotatable bonds is 34. The summed E-state index contributed by atoms with van der Waals surface area (Å²) in [5.74, 6) is -1.53. The zero-order valence-electron chi connectivity index (χ0n) is 32.6. The van der Waals surface area contributed by atoms with Crippen molar-refractivity contribution in [1.82, 2.24) is 0 Å². The van der Waals surface area contributed by atoms with Crippen LogP contribution in [0.3, 0.4) is 0 Å². The minimum atomic E-state index is -0.884. The maximum Gasteiger partial charge on any atom is 0.362 e. The third-order valence-corrected chi connectivity index (χ3v) is 8.51. The van der Waals surface area contributed by atoms with E-state index in [1.54, 1.807) is 0 Å². The highest BCUT2D eigenvalue weighted by atomic mass is 16.6. The van der Waals surface area contributed by atoms with Crippen LogP contribution in [0.4, 0.5) is 0 Å². The molecule has 0 aliphatic carbocycles. The molecule has 0 aromatic heterocycles. The number of ether oxygens (including phenoxy) is 3. The lowest BCUT2D eigenvalue weighted by Gasteiger charge is -2.31. The number of unbranched alkanes of at least 4 members (excludes halogenated alkanes) is 14. The van der Waals surface area contributed by atoms with E-state index in [4.69, 9.17) is 14.2 Å². The zero-order valence-corrected chi connectivity index (χ0v) is 32.6. The van der Waals surface area contributed by atoms with Crippen molar-refractivity contribution >= 4 is 17.9 Å². The molecule has 0 aliphatic heterocycles. The van der Waals surface area contributed by atoms with Crippen molar-refractivity contribution in [3.63, 3.8) is 0 Å². The van der Waals surface area contributed by atoms with Crippen molar-refractivity contribution in [2.75, 3.05) is 41.0 Å². The predicted molar refractivity (Wildman–Crippen MR) is 206 cm³/mol. The van der Waals surface area contributed by atoms with Crippen molar-refractivity contribution in [3.8, 4) is 0 Å². The number of quaternary nitrogens is 1. The molecule has 50 heavy (non-hydrogen) atoms. The fourth-order valence-corrected chi connectivity index (χ4v) is 5.35. The van der Waals surface area contributed by atoms with Crippen molar-refractivity contribution < 1.29 is 38.2 Å². The van der Waals surface area contributed by atoms with E-state index in [9.17, 15) is 19.5 Å². The standard InChI is InChI=1S/C42H73NO7/c1-6-8-10-12-14-16-18-19-20-21-23-24-26-28-30-32-40(44)49-37-38(36-48-35-34-39(42(46)47)43(3,4)5)50-41(45)33-31-29-27-25-22-17-15-13-11-9-7-2/h13-19,22,38-39H,6-12,20-21,23-37H2,1-5H3/p+1/b15-13+,16-14+,19-18+,22-17+. The molecule has 0 fully saturated rings. The molecule has 0 radical (unpaired) electrons. The van der Waals surface area contributed by atoms with Gasteiger partial charge in [0.1, 0.15) is 6.61 Å². The molecule has 8 heteroatoms. The number of carboxylic acid groups (broad SMARTS) is 1. The van der Waals surface area contributed by atoms with Gasteiger partial charge in [-0.15, -0.1) is 0 Å². The zero-order chi connectivity index (χ0) is 37.1. The van der Waals surface area contributed by atoms with Crippen LogP contribution in [0, 0.1) is 0 Å². The van der Waals surface area contributed by atoms with E-state index in [0.29, 0.717) is 19.3 Å². The summed E-state index contributed by atoms with van der Waals surface area (Å²) in [6, 6.07) is -0.620. The molecule has 8 nitrogen and oxygen atoms in total. The van der Waals surface area contributed by atoms with Crippen LogP contribution in [0.5, 0.6) is 0 Å². The Bertz CT molecular complexity index is 964. The quantitative estimate of drug-likeness (QED) is 0.0308. The molecule has 0 saturated heterocycles. The number of esters is 2. The van der Waals surface area contributed by atoms with Gasteiger partial charge in [-0.3, -0.25) is 9.59 Å². The third-order valence-electron chi connectivity index (χ3n) is 8.51. The number of carboxylic acids is 1. The average molecular weight is 705 g/mol. The van der Waals surface area contributed by atoms with Crippen molar-refractivity contribution in [2.45, 2.75) is 161 Å². The van der Waals surface area contributed by atoms with Crippen LogP contribution in [0.2, 0.25) is 0 Å². The van der Waals surface area contributed by atoms with E-state index >= 15 is 0 Å². The number of hydrogen-bond acceptors (Lipinski definition) is 6. The molecule has 0 rings (SSSR count). The molecule has 1 N–H and O–H groups in total. The van der Waals surface area contributed by atoms with Gasteiger partial charge in [-0.05, 0) is 57.8 Å². The molecular weight excluding hydrogens is 630 g/mol. The molecule has 0 saturated carbocycles. The summed E-state index contributed by atoms with van der Waals surface area (Å²) in [7, 11) is 5.50. The maximum atomic E-state index is 12.6. The van der Waals surface area contributed by atoms with Gasteiger partial charge < -0.3 is 23.8 Å². The van der Waals surface area contributed by atoms with Crippen molar-refractivity contribution in [2.24, 2.45) is 0 Å². The van der Waals surface area contributed by atoms with Crippen LogP contribution in [0.25, 0.3) is 0 Å². The Balaban J connectivity index is 4.46. The normalized spacial score (nSPS) is 13.5. The molecule has 0 bridgehead atoms. The first-order valence-corrected chi connectivity index (χ1v) is 19.7. The summed E-state index contributed by atoms with van der Waals surface area (Å²) < 4.78 is 17.2. The highest BCUT2D eigenvalue weighted by molar-refractivity contribution is 5.72. The van der Waals surface area contributed by atoms with Crippen LogP contribution in [0.15, 0.2) is 48.6 Å². The van der Waals surface area contributed by atoms with E-state index in [2.05, 4.69) is 62.5 Å². The van der Waals surface area contributed by atoms with Gasteiger partial charge in [-0.2, -0.15) is 0 Å². The van der Waals surface area contributed by atoms with Crippen LogP contribution in [-0.2, 0) is 28.6 Å². The molecule has 0 amide bonds. The molecule has 2 unspecified atom stereocenters. The highest BCUT2D eigenvalue weighted by Gasteiger charge is 2.31.